The highest BCUT2D eigenvalue weighted by atomic mass is 16.5. The number of hydrogen-bond acceptors (Lipinski definition) is 6. The van der Waals surface area contributed by atoms with E-state index in [9.17, 15) is 9.59 Å². The van der Waals surface area contributed by atoms with E-state index in [1.807, 2.05) is 24.3 Å². The number of likely N-dealkylation sites (tertiary alicyclic amines) is 1. The number of allylic oxidation sites excluding steroid dienone is 1. The molecule has 0 atom stereocenters. The predicted octanol–water partition coefficient (Wildman–Crippen LogP) is 2.59. The van der Waals surface area contributed by atoms with E-state index in [0.29, 0.717) is 29.2 Å². The molecule has 2 aromatic carbocycles. The first-order chi connectivity index (χ1) is 15.4. The van der Waals surface area contributed by atoms with E-state index >= 15 is 0 Å². The fraction of sp³-hybridized carbons (Fsp3) is 0.292. The van der Waals surface area contributed by atoms with Gasteiger partial charge in [0.1, 0.15) is 22.9 Å². The maximum absolute atomic E-state index is 13.8. The lowest BCUT2D eigenvalue weighted by Gasteiger charge is -2.50. The van der Waals surface area contributed by atoms with Gasteiger partial charge in [0.25, 0.3) is 0 Å². The molecule has 8 heteroatoms. The Kier molecular flexibility index (Phi) is 4.47. The zero-order valence-corrected chi connectivity index (χ0v) is 18.2. The second-order valence-electron chi connectivity index (χ2n) is 8.30. The number of ether oxygens (including phenoxy) is 2. The van der Waals surface area contributed by atoms with Crippen LogP contribution >= 0.6 is 0 Å². The molecule has 3 aliphatic rings. The molecular weight excluding hydrogens is 408 g/mol. The maximum Gasteiger partial charge on any atom is 0.219 e. The Morgan fingerprint density at radius 3 is 2.34 bits per heavy atom. The Labute approximate surface area is 185 Å². The number of Topliss-reactive ketones (excluding diaryl/α,β-unsaturated/α-hetero) is 1. The van der Waals surface area contributed by atoms with E-state index in [2.05, 4.69) is 5.32 Å². The summed E-state index contributed by atoms with van der Waals surface area (Å²) in [6.07, 6.45) is 0.557. The fourth-order valence-electron chi connectivity index (χ4n) is 4.78. The average Bonchev–Trinajstić information content (AvgIpc) is 3.27. The number of carbonyl (C=O) groups excluding carboxylic acids is 2. The topological polar surface area (TPSA) is 95.0 Å². The molecule has 0 unspecified atom stereocenters. The van der Waals surface area contributed by atoms with Crippen molar-refractivity contribution in [3.05, 3.63) is 59.3 Å². The Bertz CT molecular complexity index is 1150. The van der Waals surface area contributed by atoms with Crippen molar-refractivity contribution >= 4 is 28.9 Å². The van der Waals surface area contributed by atoms with Crippen molar-refractivity contribution in [1.82, 2.24) is 4.90 Å². The molecule has 0 saturated carbocycles. The van der Waals surface area contributed by atoms with Gasteiger partial charge in [-0.1, -0.05) is 18.2 Å². The van der Waals surface area contributed by atoms with Gasteiger partial charge in [0.15, 0.2) is 5.78 Å². The number of amides is 1. The molecule has 1 spiro atoms. The van der Waals surface area contributed by atoms with Crippen LogP contribution in [0, 0.1) is 5.41 Å². The zero-order chi connectivity index (χ0) is 22.6. The van der Waals surface area contributed by atoms with Crippen molar-refractivity contribution in [1.29, 1.82) is 5.41 Å². The van der Waals surface area contributed by atoms with Gasteiger partial charge in [-0.3, -0.25) is 15.0 Å². The van der Waals surface area contributed by atoms with Gasteiger partial charge in [0.05, 0.1) is 38.6 Å². The van der Waals surface area contributed by atoms with Crippen LogP contribution in [0.5, 0.6) is 11.5 Å². The summed E-state index contributed by atoms with van der Waals surface area (Å²) in [6, 6.07) is 13.2. The molecule has 2 N–H and O–H groups in total. The molecule has 164 valence electrons. The minimum Gasteiger partial charge on any atom is -0.497 e. The van der Waals surface area contributed by atoms with Gasteiger partial charge in [-0.05, 0) is 11.6 Å². The number of nitrogens with zero attached hydrogens (tertiary/aromatic N) is 2. The van der Waals surface area contributed by atoms with E-state index in [-0.39, 0.29) is 30.6 Å². The number of rotatable bonds is 3. The van der Waals surface area contributed by atoms with Crippen LogP contribution in [0.4, 0.5) is 11.4 Å². The number of anilines is 2. The van der Waals surface area contributed by atoms with Crippen molar-refractivity contribution in [3.63, 3.8) is 0 Å². The van der Waals surface area contributed by atoms with Crippen LogP contribution in [0.2, 0.25) is 0 Å². The van der Waals surface area contributed by atoms with Crippen molar-refractivity contribution in [2.24, 2.45) is 0 Å². The molecular formula is C24H24N4O4. The summed E-state index contributed by atoms with van der Waals surface area (Å²) in [4.78, 5) is 29.2. The lowest BCUT2D eigenvalue weighted by atomic mass is 9.83. The molecule has 0 radical (unpaired) electrons. The molecule has 1 amide bonds. The first-order valence-corrected chi connectivity index (χ1v) is 10.4. The summed E-state index contributed by atoms with van der Waals surface area (Å²) >= 11 is 0. The summed E-state index contributed by atoms with van der Waals surface area (Å²) in [5, 5.41) is 12.4. The van der Waals surface area contributed by atoms with Crippen molar-refractivity contribution in [2.75, 3.05) is 37.5 Å². The number of ketones is 1. The highest BCUT2D eigenvalue weighted by Gasteiger charge is 2.62. The molecule has 32 heavy (non-hydrogen) atoms. The van der Waals surface area contributed by atoms with E-state index in [0.717, 1.165) is 16.9 Å². The summed E-state index contributed by atoms with van der Waals surface area (Å²) in [7, 11) is 3.12. The van der Waals surface area contributed by atoms with Gasteiger partial charge < -0.3 is 24.6 Å². The highest BCUT2D eigenvalue weighted by Crippen LogP contribution is 2.45. The van der Waals surface area contributed by atoms with E-state index in [1.165, 1.54) is 6.92 Å². The van der Waals surface area contributed by atoms with Gasteiger partial charge in [-0.25, -0.2) is 0 Å². The number of fused-ring (bicyclic) bond motifs is 1. The SMILES string of the molecule is COc1cc(OC)cc(N2C(=N)C(=C3Cc4ccccc4N3)C(=O)C23CN(C(C)=O)C3)c1. The van der Waals surface area contributed by atoms with Gasteiger partial charge in [0.2, 0.25) is 5.91 Å². The average molecular weight is 432 g/mol. The van der Waals surface area contributed by atoms with Crippen LogP contribution < -0.4 is 19.7 Å². The third-order valence-electron chi connectivity index (χ3n) is 6.45. The first-order valence-electron chi connectivity index (χ1n) is 10.4. The van der Waals surface area contributed by atoms with E-state index in [1.54, 1.807) is 42.2 Å². The third kappa shape index (κ3) is 2.79. The standard InChI is InChI=1S/C24H24N4O4/c1-14(29)27-12-24(13-27)22(30)21(20-8-15-6-4-5-7-19(15)26-20)23(25)28(24)16-9-17(31-2)11-18(10-16)32-3/h4-7,9-11,25-26H,8,12-13H2,1-3H3. The number of hydrogen-bond donors (Lipinski definition) is 2. The molecule has 0 bridgehead atoms. The van der Waals surface area contributed by atoms with Crippen LogP contribution in [0.1, 0.15) is 12.5 Å². The highest BCUT2D eigenvalue weighted by molar-refractivity contribution is 6.37. The molecule has 3 aliphatic heterocycles. The Balaban J connectivity index is 1.63. The number of benzene rings is 2. The van der Waals surface area contributed by atoms with Crippen molar-refractivity contribution in [3.8, 4) is 11.5 Å². The molecule has 5 rings (SSSR count). The molecule has 2 saturated heterocycles. The number of carbonyl (C=O) groups is 2. The lowest BCUT2D eigenvalue weighted by molar-refractivity contribution is -0.139. The van der Waals surface area contributed by atoms with Crippen LogP contribution in [0.15, 0.2) is 53.7 Å². The van der Waals surface area contributed by atoms with Crippen LogP contribution in [-0.2, 0) is 16.0 Å². The zero-order valence-electron chi connectivity index (χ0n) is 18.2. The van der Waals surface area contributed by atoms with Crippen LogP contribution in [-0.4, -0.2) is 55.3 Å². The summed E-state index contributed by atoms with van der Waals surface area (Å²) in [6.45, 7) is 1.95. The number of amidine groups is 1. The Morgan fingerprint density at radius 2 is 1.75 bits per heavy atom. The minimum atomic E-state index is -1.01. The maximum atomic E-state index is 13.8. The Hall–Kier alpha value is -3.81. The van der Waals surface area contributed by atoms with Crippen LogP contribution in [0.25, 0.3) is 0 Å². The summed E-state index contributed by atoms with van der Waals surface area (Å²) in [5.74, 6) is 1.00. The van der Waals surface area contributed by atoms with Crippen LogP contribution in [0.3, 0.4) is 0 Å². The van der Waals surface area contributed by atoms with Crippen molar-refractivity contribution in [2.45, 2.75) is 18.9 Å². The minimum absolute atomic E-state index is 0.0920. The van der Waals surface area contributed by atoms with Gasteiger partial charge in [0, 0.05) is 42.9 Å². The molecule has 8 nitrogen and oxygen atoms in total. The number of methoxy groups -OCH3 is 2. The third-order valence-corrected chi connectivity index (χ3v) is 6.45. The lowest BCUT2D eigenvalue weighted by Crippen LogP contribution is -2.72. The van der Waals surface area contributed by atoms with Gasteiger partial charge in [-0.15, -0.1) is 0 Å². The summed E-state index contributed by atoms with van der Waals surface area (Å²) < 4.78 is 10.8. The second kappa shape index (κ2) is 7.12. The van der Waals surface area contributed by atoms with Crippen molar-refractivity contribution < 1.29 is 19.1 Å². The summed E-state index contributed by atoms with van der Waals surface area (Å²) in [5.41, 5.74) is 2.73. The smallest absolute Gasteiger partial charge is 0.219 e. The fourth-order valence-corrected chi connectivity index (χ4v) is 4.78. The molecule has 3 heterocycles. The number of nitrogens with one attached hydrogen (secondary N) is 2. The molecule has 2 aromatic rings. The largest absolute Gasteiger partial charge is 0.497 e. The number of para-hydroxylation sites is 1. The van der Waals surface area contributed by atoms with Gasteiger partial charge in [-0.2, -0.15) is 0 Å². The first kappa shape index (κ1) is 20.1. The second-order valence-corrected chi connectivity index (χ2v) is 8.30. The Morgan fingerprint density at radius 1 is 1.09 bits per heavy atom. The molecule has 0 aliphatic carbocycles. The molecule has 2 fully saturated rings. The van der Waals surface area contributed by atoms with E-state index in [4.69, 9.17) is 14.9 Å². The quantitative estimate of drug-likeness (QED) is 0.724. The normalized spacial score (nSPS) is 20.8. The monoisotopic (exact) mass is 432 g/mol. The van der Waals surface area contributed by atoms with E-state index < -0.39 is 5.54 Å². The molecule has 0 aromatic heterocycles. The predicted molar refractivity (Wildman–Crippen MR) is 121 cm³/mol. The van der Waals surface area contributed by atoms with Gasteiger partial charge >= 0.3 is 0 Å².